The molecule has 230 valence electrons. The molecule has 7 nitrogen and oxygen atoms in total. The largest absolute Gasteiger partial charge is 0.353 e. The molecule has 0 spiro atoms. The number of nitrogens with zero attached hydrogens (tertiary/aromatic N) is 5. The van der Waals surface area contributed by atoms with Crippen LogP contribution in [-0.4, -0.2) is 82.3 Å². The van der Waals surface area contributed by atoms with Crippen LogP contribution in [0.4, 0.5) is 14.6 Å². The van der Waals surface area contributed by atoms with Crippen molar-refractivity contribution < 1.29 is 18.4 Å². The standard InChI is InChI=1S/C33H47F2N5O2/c1-20(2)40(24(6)41)23(5)27-16-21(3)22(4)36-31(27)37-12-14-38(15-13-37)32(42)29-19-39(33(7,8)9)18-28(29)26-11-10-25(34)17-30(26)35/h10-11,16-17,20,23,28-29H,12-15,18-19H2,1-9H3/t23?,28-,29+/m0/s1. The van der Waals surface area contributed by atoms with Crippen molar-refractivity contribution in [2.24, 2.45) is 5.92 Å². The number of hydrogen-bond acceptors (Lipinski definition) is 5. The Morgan fingerprint density at radius 1 is 1.00 bits per heavy atom. The quantitative estimate of drug-likeness (QED) is 0.452. The SMILES string of the molecule is CC(=O)N(C(C)C)C(C)c1cc(C)c(C)nc1N1CCN(C(=O)[C@@H]2CN(C(C)(C)C)C[C@H]2c2ccc(F)cc2F)CC1. The first-order valence-corrected chi connectivity index (χ1v) is 15.1. The fourth-order valence-electron chi connectivity index (χ4n) is 6.60. The van der Waals surface area contributed by atoms with Crippen molar-refractivity contribution in [3.8, 4) is 0 Å². The molecular weight excluding hydrogens is 536 g/mol. The summed E-state index contributed by atoms with van der Waals surface area (Å²) in [6.45, 7) is 21.3. The van der Waals surface area contributed by atoms with E-state index in [1.807, 2.05) is 44.4 Å². The molecule has 3 atom stereocenters. The van der Waals surface area contributed by atoms with Crippen LogP contribution in [-0.2, 0) is 9.59 Å². The highest BCUT2D eigenvalue weighted by Crippen LogP contribution is 2.39. The van der Waals surface area contributed by atoms with E-state index in [0.717, 1.165) is 28.7 Å². The Balaban J connectivity index is 1.56. The Kier molecular flexibility index (Phi) is 9.31. The van der Waals surface area contributed by atoms with Gasteiger partial charge in [0.1, 0.15) is 17.5 Å². The Bertz CT molecular complexity index is 1320. The van der Waals surface area contributed by atoms with Crippen LogP contribution >= 0.6 is 0 Å². The van der Waals surface area contributed by atoms with Crippen LogP contribution in [0.25, 0.3) is 0 Å². The number of aromatic nitrogens is 1. The van der Waals surface area contributed by atoms with E-state index in [9.17, 15) is 18.4 Å². The van der Waals surface area contributed by atoms with Crippen molar-refractivity contribution in [1.82, 2.24) is 19.7 Å². The van der Waals surface area contributed by atoms with Gasteiger partial charge in [-0.3, -0.25) is 14.5 Å². The maximum absolute atomic E-state index is 14.9. The van der Waals surface area contributed by atoms with Crippen LogP contribution in [0.1, 0.15) is 82.8 Å². The summed E-state index contributed by atoms with van der Waals surface area (Å²) in [4.78, 5) is 39.7. The highest BCUT2D eigenvalue weighted by molar-refractivity contribution is 5.81. The molecule has 0 radical (unpaired) electrons. The summed E-state index contributed by atoms with van der Waals surface area (Å²) in [6.07, 6.45) is 0. The topological polar surface area (TPSA) is 60.0 Å². The number of hydrogen-bond donors (Lipinski definition) is 0. The Morgan fingerprint density at radius 2 is 1.64 bits per heavy atom. The van der Waals surface area contributed by atoms with Crippen LogP contribution < -0.4 is 4.90 Å². The van der Waals surface area contributed by atoms with Gasteiger partial charge < -0.3 is 14.7 Å². The molecule has 2 aliphatic heterocycles. The molecule has 1 aromatic heterocycles. The molecule has 1 aromatic carbocycles. The van der Waals surface area contributed by atoms with Crippen LogP contribution in [0, 0.1) is 31.4 Å². The van der Waals surface area contributed by atoms with Crippen LogP contribution in [0.15, 0.2) is 24.3 Å². The van der Waals surface area contributed by atoms with Crippen molar-refractivity contribution in [3.05, 3.63) is 58.3 Å². The second-order valence-electron chi connectivity index (χ2n) is 13.3. The van der Waals surface area contributed by atoms with Crippen molar-refractivity contribution >= 4 is 17.6 Å². The number of rotatable bonds is 6. The predicted octanol–water partition coefficient (Wildman–Crippen LogP) is 5.46. The van der Waals surface area contributed by atoms with E-state index in [1.165, 1.54) is 12.1 Å². The van der Waals surface area contributed by atoms with Crippen LogP contribution in [0.5, 0.6) is 0 Å². The van der Waals surface area contributed by atoms with Gasteiger partial charge in [-0.15, -0.1) is 0 Å². The number of carbonyl (C=O) groups excluding carboxylic acids is 2. The van der Waals surface area contributed by atoms with Crippen molar-refractivity contribution in [2.45, 2.75) is 85.9 Å². The van der Waals surface area contributed by atoms with E-state index in [0.29, 0.717) is 44.8 Å². The van der Waals surface area contributed by atoms with Gasteiger partial charge in [-0.05, 0) is 78.6 Å². The molecule has 1 unspecified atom stereocenters. The lowest BCUT2D eigenvalue weighted by molar-refractivity contribution is -0.136. The number of halogens is 2. The van der Waals surface area contributed by atoms with E-state index in [-0.39, 0.29) is 35.4 Å². The van der Waals surface area contributed by atoms with Gasteiger partial charge in [0.2, 0.25) is 11.8 Å². The lowest BCUT2D eigenvalue weighted by Gasteiger charge is -2.40. The number of carbonyl (C=O) groups is 2. The molecule has 4 rings (SSSR count). The van der Waals surface area contributed by atoms with Gasteiger partial charge >= 0.3 is 0 Å². The molecule has 3 heterocycles. The van der Waals surface area contributed by atoms with E-state index < -0.39 is 17.6 Å². The van der Waals surface area contributed by atoms with Crippen molar-refractivity contribution in [1.29, 1.82) is 0 Å². The monoisotopic (exact) mass is 583 g/mol. The third kappa shape index (κ3) is 6.46. The van der Waals surface area contributed by atoms with E-state index in [2.05, 4.69) is 36.6 Å². The molecule has 2 aromatic rings. The van der Waals surface area contributed by atoms with Gasteiger partial charge in [0.15, 0.2) is 0 Å². The number of pyridine rings is 1. The average molecular weight is 584 g/mol. The number of benzene rings is 1. The van der Waals surface area contributed by atoms with Crippen LogP contribution in [0.2, 0.25) is 0 Å². The lowest BCUT2D eigenvalue weighted by Crippen LogP contribution is -2.52. The summed E-state index contributed by atoms with van der Waals surface area (Å²) in [6, 6.07) is 5.71. The molecule has 2 amide bonds. The Hall–Kier alpha value is -3.07. The summed E-state index contributed by atoms with van der Waals surface area (Å²) in [5.41, 5.74) is 3.23. The number of likely N-dealkylation sites (tertiary alicyclic amines) is 1. The molecule has 2 saturated heterocycles. The van der Waals surface area contributed by atoms with Crippen molar-refractivity contribution in [2.75, 3.05) is 44.2 Å². The maximum Gasteiger partial charge on any atom is 0.227 e. The third-order valence-electron chi connectivity index (χ3n) is 9.10. The minimum atomic E-state index is -0.616. The van der Waals surface area contributed by atoms with E-state index >= 15 is 0 Å². The number of aryl methyl sites for hydroxylation is 2. The zero-order valence-electron chi connectivity index (χ0n) is 26.7. The van der Waals surface area contributed by atoms with E-state index in [4.69, 9.17) is 4.98 Å². The maximum atomic E-state index is 14.9. The minimum absolute atomic E-state index is 0.0133. The normalized spacial score (nSPS) is 20.8. The molecule has 0 bridgehead atoms. The minimum Gasteiger partial charge on any atom is -0.353 e. The smallest absolute Gasteiger partial charge is 0.227 e. The highest BCUT2D eigenvalue weighted by atomic mass is 19.1. The van der Waals surface area contributed by atoms with Crippen LogP contribution in [0.3, 0.4) is 0 Å². The first kappa shape index (κ1) is 31.9. The number of anilines is 1. The fourth-order valence-corrected chi connectivity index (χ4v) is 6.60. The van der Waals surface area contributed by atoms with Gasteiger partial charge in [-0.1, -0.05) is 6.07 Å². The first-order valence-electron chi connectivity index (χ1n) is 15.1. The first-order chi connectivity index (χ1) is 19.6. The van der Waals surface area contributed by atoms with Crippen molar-refractivity contribution in [3.63, 3.8) is 0 Å². The predicted molar refractivity (Wildman–Crippen MR) is 162 cm³/mol. The Morgan fingerprint density at radius 3 is 2.19 bits per heavy atom. The fraction of sp³-hybridized carbons (Fsp3) is 0.606. The van der Waals surface area contributed by atoms with Gasteiger partial charge in [-0.2, -0.15) is 0 Å². The Labute approximate surface area is 249 Å². The summed E-state index contributed by atoms with van der Waals surface area (Å²) < 4.78 is 28.7. The van der Waals surface area contributed by atoms with Gasteiger partial charge in [-0.25, -0.2) is 13.8 Å². The molecule has 0 N–H and O–H groups in total. The number of amides is 2. The zero-order valence-corrected chi connectivity index (χ0v) is 26.7. The molecule has 2 aliphatic rings. The number of piperazine rings is 1. The highest BCUT2D eigenvalue weighted by Gasteiger charge is 2.44. The summed E-state index contributed by atoms with van der Waals surface area (Å²) in [5.74, 6) is -1.09. The molecule has 2 fully saturated rings. The van der Waals surface area contributed by atoms with E-state index in [1.54, 1.807) is 6.92 Å². The molecular formula is C33H47F2N5O2. The average Bonchev–Trinajstić information content (AvgIpc) is 3.35. The zero-order chi connectivity index (χ0) is 31.1. The van der Waals surface area contributed by atoms with Gasteiger partial charge in [0, 0.05) is 81.0 Å². The summed E-state index contributed by atoms with van der Waals surface area (Å²) in [5, 5.41) is 0. The summed E-state index contributed by atoms with van der Waals surface area (Å²) >= 11 is 0. The van der Waals surface area contributed by atoms with Gasteiger partial charge in [0.05, 0.1) is 12.0 Å². The molecule has 9 heteroatoms. The second kappa shape index (κ2) is 12.3. The molecule has 0 saturated carbocycles. The molecule has 0 aliphatic carbocycles. The second-order valence-corrected chi connectivity index (χ2v) is 13.3. The van der Waals surface area contributed by atoms with Gasteiger partial charge in [0.25, 0.3) is 0 Å². The molecule has 42 heavy (non-hydrogen) atoms. The summed E-state index contributed by atoms with van der Waals surface area (Å²) in [7, 11) is 0. The lowest BCUT2D eigenvalue weighted by atomic mass is 9.87. The third-order valence-corrected chi connectivity index (χ3v) is 9.10.